The molecule has 0 saturated carbocycles. The summed E-state index contributed by atoms with van der Waals surface area (Å²) in [4.78, 5) is 24.9. The number of hydrogen-bond acceptors (Lipinski definition) is 4. The molecule has 0 spiro atoms. The highest BCUT2D eigenvalue weighted by atomic mass is 35.5. The molecule has 152 valence electrons. The zero-order valence-corrected chi connectivity index (χ0v) is 17.5. The molecule has 5 rings (SSSR count). The lowest BCUT2D eigenvalue weighted by Gasteiger charge is -2.22. The monoisotopic (exact) mass is 419 g/mol. The van der Waals surface area contributed by atoms with Gasteiger partial charge in [-0.25, -0.2) is 9.55 Å². The van der Waals surface area contributed by atoms with Crippen molar-refractivity contribution in [2.45, 2.75) is 25.8 Å². The molecule has 1 unspecified atom stereocenters. The quantitative estimate of drug-likeness (QED) is 0.496. The Bertz CT molecular complexity index is 1250. The summed E-state index contributed by atoms with van der Waals surface area (Å²) in [6.45, 7) is 4.38. The van der Waals surface area contributed by atoms with Crippen LogP contribution in [-0.4, -0.2) is 32.2 Å². The summed E-state index contributed by atoms with van der Waals surface area (Å²) < 4.78 is 3.58. The summed E-state index contributed by atoms with van der Waals surface area (Å²) in [7, 11) is 0. The minimum atomic E-state index is -0.160. The van der Waals surface area contributed by atoms with Crippen LogP contribution in [0.3, 0.4) is 0 Å². The van der Waals surface area contributed by atoms with Crippen LogP contribution in [0.25, 0.3) is 16.9 Å². The Hall–Kier alpha value is -3.12. The average Bonchev–Trinajstić information content (AvgIpc) is 3.42. The van der Waals surface area contributed by atoms with Crippen molar-refractivity contribution in [3.05, 3.63) is 81.9 Å². The first-order valence-electron chi connectivity index (χ1n) is 10.2. The maximum Gasteiger partial charge on any atom is 0.287 e. The molecule has 7 heteroatoms. The highest BCUT2D eigenvalue weighted by molar-refractivity contribution is 6.30. The van der Waals surface area contributed by atoms with Crippen LogP contribution >= 0.6 is 11.6 Å². The normalized spacial score (nSPS) is 16.5. The molecule has 0 aliphatic carbocycles. The maximum atomic E-state index is 13.5. The van der Waals surface area contributed by atoms with Gasteiger partial charge in [-0.2, -0.15) is 4.98 Å². The van der Waals surface area contributed by atoms with E-state index in [1.54, 1.807) is 23.0 Å². The molecule has 6 nitrogen and oxygen atoms in total. The van der Waals surface area contributed by atoms with Gasteiger partial charge in [0.25, 0.3) is 5.56 Å². The molecule has 0 radical (unpaired) electrons. The molecule has 2 aromatic heterocycles. The van der Waals surface area contributed by atoms with Crippen molar-refractivity contribution in [1.29, 1.82) is 0 Å². The van der Waals surface area contributed by atoms with Crippen LogP contribution in [0.1, 0.15) is 24.8 Å². The van der Waals surface area contributed by atoms with Gasteiger partial charge in [-0.05, 0) is 43.2 Å². The standard InChI is InChI=1S/C23H22ClN5O/c1-2-27-15-25-20-21(27)26-23(29(22(20)30)19-10-8-18(24)9-11-19)28-13-12-17(14-28)16-6-4-3-5-7-16/h3-11,15,17H,2,12-14H2,1H3. The van der Waals surface area contributed by atoms with E-state index in [-0.39, 0.29) is 5.56 Å². The van der Waals surface area contributed by atoms with E-state index >= 15 is 0 Å². The van der Waals surface area contributed by atoms with Gasteiger partial charge in [0.15, 0.2) is 11.2 Å². The number of aromatic nitrogens is 4. The van der Waals surface area contributed by atoms with Gasteiger partial charge >= 0.3 is 0 Å². The van der Waals surface area contributed by atoms with Crippen LogP contribution in [0, 0.1) is 0 Å². The van der Waals surface area contributed by atoms with E-state index in [1.165, 1.54) is 5.56 Å². The van der Waals surface area contributed by atoms with Gasteiger partial charge in [0.2, 0.25) is 5.95 Å². The number of hydrogen-bond donors (Lipinski definition) is 0. The average molecular weight is 420 g/mol. The molecular formula is C23H22ClN5O. The Morgan fingerprint density at radius 3 is 2.60 bits per heavy atom. The molecule has 0 bridgehead atoms. The third-order valence-electron chi connectivity index (χ3n) is 5.79. The number of anilines is 1. The van der Waals surface area contributed by atoms with Gasteiger partial charge in [0, 0.05) is 30.6 Å². The topological polar surface area (TPSA) is 56.0 Å². The molecule has 3 heterocycles. The van der Waals surface area contributed by atoms with E-state index in [2.05, 4.69) is 34.1 Å². The van der Waals surface area contributed by atoms with Gasteiger partial charge in [0.1, 0.15) is 0 Å². The van der Waals surface area contributed by atoms with E-state index < -0.39 is 0 Å². The zero-order valence-electron chi connectivity index (χ0n) is 16.7. The zero-order chi connectivity index (χ0) is 20.7. The van der Waals surface area contributed by atoms with Crippen LogP contribution in [-0.2, 0) is 6.54 Å². The van der Waals surface area contributed by atoms with E-state index in [4.69, 9.17) is 16.6 Å². The highest BCUT2D eigenvalue weighted by Gasteiger charge is 2.28. The summed E-state index contributed by atoms with van der Waals surface area (Å²) in [5.41, 5.74) is 2.91. The van der Waals surface area contributed by atoms with Crippen molar-refractivity contribution in [3.8, 4) is 5.69 Å². The Labute approximate surface area is 179 Å². The number of nitrogens with zero attached hydrogens (tertiary/aromatic N) is 5. The molecule has 1 atom stereocenters. The van der Waals surface area contributed by atoms with E-state index in [0.717, 1.165) is 25.2 Å². The minimum Gasteiger partial charge on any atom is -0.341 e. The van der Waals surface area contributed by atoms with E-state index in [1.807, 2.05) is 29.7 Å². The number of imidazole rings is 1. The van der Waals surface area contributed by atoms with Crippen LogP contribution in [0.2, 0.25) is 5.02 Å². The molecule has 2 aromatic carbocycles. The Morgan fingerprint density at radius 2 is 1.87 bits per heavy atom. The fraction of sp³-hybridized carbons (Fsp3) is 0.261. The van der Waals surface area contributed by atoms with Crippen LogP contribution in [0.15, 0.2) is 65.7 Å². The van der Waals surface area contributed by atoms with Crippen molar-refractivity contribution in [1.82, 2.24) is 19.1 Å². The lowest BCUT2D eigenvalue weighted by molar-refractivity contribution is 0.760. The van der Waals surface area contributed by atoms with Gasteiger partial charge in [-0.3, -0.25) is 4.79 Å². The summed E-state index contributed by atoms with van der Waals surface area (Å²) in [6.07, 6.45) is 2.71. The fourth-order valence-electron chi connectivity index (χ4n) is 4.19. The Kier molecular flexibility index (Phi) is 4.79. The first kappa shape index (κ1) is 18.9. The number of halogens is 1. The van der Waals surface area contributed by atoms with Gasteiger partial charge in [0.05, 0.1) is 12.0 Å². The minimum absolute atomic E-state index is 0.160. The lowest BCUT2D eigenvalue weighted by Crippen LogP contribution is -2.31. The summed E-state index contributed by atoms with van der Waals surface area (Å²) >= 11 is 6.08. The molecule has 0 N–H and O–H groups in total. The second-order valence-electron chi connectivity index (χ2n) is 7.57. The molecule has 30 heavy (non-hydrogen) atoms. The molecular weight excluding hydrogens is 398 g/mol. The largest absolute Gasteiger partial charge is 0.341 e. The van der Waals surface area contributed by atoms with Crippen molar-refractivity contribution < 1.29 is 0 Å². The van der Waals surface area contributed by atoms with Crippen molar-refractivity contribution >= 4 is 28.7 Å². The third kappa shape index (κ3) is 3.17. The molecule has 1 saturated heterocycles. The maximum absolute atomic E-state index is 13.5. The van der Waals surface area contributed by atoms with Gasteiger partial charge in [-0.15, -0.1) is 0 Å². The third-order valence-corrected chi connectivity index (χ3v) is 6.04. The smallest absolute Gasteiger partial charge is 0.287 e. The van der Waals surface area contributed by atoms with Gasteiger partial charge < -0.3 is 9.47 Å². The van der Waals surface area contributed by atoms with Crippen LogP contribution in [0.5, 0.6) is 0 Å². The summed E-state index contributed by atoms with van der Waals surface area (Å²) in [6, 6.07) is 17.8. The lowest BCUT2D eigenvalue weighted by atomic mass is 9.99. The van der Waals surface area contributed by atoms with Crippen LogP contribution in [0.4, 0.5) is 5.95 Å². The van der Waals surface area contributed by atoms with E-state index in [0.29, 0.717) is 34.6 Å². The van der Waals surface area contributed by atoms with Crippen molar-refractivity contribution in [2.24, 2.45) is 0 Å². The Morgan fingerprint density at radius 1 is 1.10 bits per heavy atom. The van der Waals surface area contributed by atoms with Crippen LogP contribution < -0.4 is 10.5 Å². The van der Waals surface area contributed by atoms with Crippen molar-refractivity contribution in [2.75, 3.05) is 18.0 Å². The molecule has 4 aromatic rings. The molecule has 1 aliphatic heterocycles. The number of rotatable bonds is 4. The molecule has 0 amide bonds. The second-order valence-corrected chi connectivity index (χ2v) is 8.01. The summed E-state index contributed by atoms with van der Waals surface area (Å²) in [5, 5.41) is 0.628. The van der Waals surface area contributed by atoms with E-state index in [9.17, 15) is 4.79 Å². The number of fused-ring (bicyclic) bond motifs is 1. The molecule has 1 fully saturated rings. The molecule has 1 aliphatic rings. The SMILES string of the molecule is CCn1cnc2c(=O)n(-c3ccc(Cl)cc3)c(N3CCC(c4ccccc4)C3)nc21. The fourth-order valence-corrected chi connectivity index (χ4v) is 4.32. The highest BCUT2D eigenvalue weighted by Crippen LogP contribution is 2.31. The summed E-state index contributed by atoms with van der Waals surface area (Å²) in [5.74, 6) is 1.07. The Balaban J connectivity index is 1.65. The second kappa shape index (κ2) is 7.61. The first-order valence-corrected chi connectivity index (χ1v) is 10.6. The predicted molar refractivity (Wildman–Crippen MR) is 120 cm³/mol. The number of aryl methyl sites for hydroxylation is 1. The van der Waals surface area contributed by atoms with Gasteiger partial charge in [-0.1, -0.05) is 41.9 Å². The van der Waals surface area contributed by atoms with Crippen molar-refractivity contribution in [3.63, 3.8) is 0 Å². The first-order chi connectivity index (χ1) is 14.7. The number of benzene rings is 2. The predicted octanol–water partition coefficient (Wildman–Crippen LogP) is 4.25.